The summed E-state index contributed by atoms with van der Waals surface area (Å²) in [4.78, 5) is 79.7. The van der Waals surface area contributed by atoms with Crippen molar-refractivity contribution in [1.82, 2.24) is 39.0 Å². The van der Waals surface area contributed by atoms with Crippen molar-refractivity contribution in [2.24, 2.45) is 11.7 Å². The van der Waals surface area contributed by atoms with Gasteiger partial charge in [0.1, 0.15) is 44.0 Å². The highest BCUT2D eigenvalue weighted by molar-refractivity contribution is 7.69. The van der Waals surface area contributed by atoms with Crippen LogP contribution in [0.2, 0.25) is 0 Å². The lowest BCUT2D eigenvalue weighted by Crippen LogP contribution is -2.39. The minimum Gasteiger partial charge on any atom is -0.472 e. The standard InChI is InChI=1S/C14H22N6O5.C9H13N5O4.CH3O5P/c1-7(2)9(15)13(23)24-4-8(3-21)25-6-20-5-17-10-11(20)18-14(16)19-12(10)22;10-9-12-7-6(8(17)13-9)11-3-14(7)4-18-5(1-15)2-16;2-1(3)7(4,5)6/h5,7-9,21H,3-4,6,15H2,1-2H3,(H3,16,18,19,22);3,5,15-16H,1-2,4H2,(H3,10,12,13,17);(H,2,3)(H2,4,5,6)/t8?,9-;;/m0../s1. The average Bonchev–Trinajstić information content (AvgIpc) is 3.65. The molecule has 0 amide bonds. The van der Waals surface area contributed by atoms with E-state index in [1.165, 1.54) is 21.8 Å². The first-order chi connectivity index (χ1) is 23.4. The van der Waals surface area contributed by atoms with Crippen LogP contribution in [0.5, 0.6) is 0 Å². The number of rotatable bonds is 14. The van der Waals surface area contributed by atoms with E-state index in [0.717, 1.165) is 0 Å². The number of nitrogens with one attached hydrogen (secondary N) is 2. The van der Waals surface area contributed by atoms with Gasteiger partial charge in [0, 0.05) is 0 Å². The van der Waals surface area contributed by atoms with Gasteiger partial charge in [0.05, 0.1) is 32.5 Å². The summed E-state index contributed by atoms with van der Waals surface area (Å²) in [5.41, 5.74) is 14.4. The van der Waals surface area contributed by atoms with Crippen LogP contribution in [-0.4, -0.2) is 126 Å². The summed E-state index contributed by atoms with van der Waals surface area (Å²) in [6.07, 6.45) is 1.30. The van der Waals surface area contributed by atoms with E-state index in [1.807, 2.05) is 0 Å². The van der Waals surface area contributed by atoms with E-state index < -0.39 is 48.6 Å². The molecule has 0 radical (unpaired) electrons. The monoisotopic (exact) mass is 735 g/mol. The normalized spacial score (nSPS) is 12.7. The number of nitrogen functional groups attached to an aromatic ring is 2. The number of H-pyrrole nitrogens is 2. The fraction of sp³-hybridized carbons (Fsp3) is 0.500. The second-order valence-corrected chi connectivity index (χ2v) is 11.8. The van der Waals surface area contributed by atoms with Crippen LogP contribution in [-0.2, 0) is 37.0 Å². The number of aromatic amines is 2. The first kappa shape index (κ1) is 41.3. The Labute approximate surface area is 279 Å². The molecule has 0 spiro atoms. The third-order valence-electron chi connectivity index (χ3n) is 6.16. The lowest BCUT2D eigenvalue weighted by Gasteiger charge is -2.19. The second kappa shape index (κ2) is 18.8. The molecule has 0 aliphatic carbocycles. The van der Waals surface area contributed by atoms with Crippen molar-refractivity contribution in [3.05, 3.63) is 33.4 Å². The van der Waals surface area contributed by atoms with E-state index >= 15 is 0 Å². The number of ether oxygens (including phenoxy) is 3. The zero-order valence-corrected chi connectivity index (χ0v) is 27.4. The van der Waals surface area contributed by atoms with E-state index in [-0.39, 0.29) is 74.4 Å². The van der Waals surface area contributed by atoms with Gasteiger partial charge in [0.15, 0.2) is 16.7 Å². The van der Waals surface area contributed by atoms with E-state index in [9.17, 15) is 28.8 Å². The van der Waals surface area contributed by atoms with E-state index in [1.54, 1.807) is 13.8 Å². The largest absolute Gasteiger partial charge is 0.472 e. The molecule has 4 aromatic rings. The van der Waals surface area contributed by atoms with Crippen molar-refractivity contribution in [1.29, 1.82) is 0 Å². The Bertz CT molecular complexity index is 1880. The van der Waals surface area contributed by atoms with Crippen LogP contribution in [0, 0.1) is 5.92 Å². The molecule has 50 heavy (non-hydrogen) atoms. The fourth-order valence-electron chi connectivity index (χ4n) is 3.38. The molecule has 25 nitrogen and oxygen atoms in total. The molecule has 14 N–H and O–H groups in total. The van der Waals surface area contributed by atoms with Crippen LogP contribution in [0.1, 0.15) is 13.8 Å². The van der Waals surface area contributed by atoms with Gasteiger partial charge in [-0.1, -0.05) is 13.8 Å². The quantitative estimate of drug-likeness (QED) is 0.0440. The molecule has 0 bridgehead atoms. The second-order valence-electron chi connectivity index (χ2n) is 10.3. The Kier molecular flexibility index (Phi) is 15.5. The van der Waals surface area contributed by atoms with Crippen LogP contribution < -0.4 is 28.3 Å². The first-order valence-corrected chi connectivity index (χ1v) is 15.7. The average molecular weight is 736 g/mol. The van der Waals surface area contributed by atoms with E-state index in [2.05, 4.69) is 29.9 Å². The van der Waals surface area contributed by atoms with Gasteiger partial charge in [-0.15, -0.1) is 0 Å². The van der Waals surface area contributed by atoms with Crippen molar-refractivity contribution in [2.45, 2.75) is 45.6 Å². The van der Waals surface area contributed by atoms with Gasteiger partial charge >= 0.3 is 24.8 Å². The number of carbonyl (C=O) groups excluding carboxylic acids is 1. The van der Waals surface area contributed by atoms with Gasteiger partial charge in [-0.3, -0.25) is 28.5 Å². The summed E-state index contributed by atoms with van der Waals surface area (Å²) in [5, 5.41) is 34.6. The predicted molar refractivity (Wildman–Crippen MR) is 170 cm³/mol. The van der Waals surface area contributed by atoms with Crippen LogP contribution in [0.3, 0.4) is 0 Å². The molecule has 0 aliphatic heterocycles. The molecule has 0 aromatic carbocycles. The number of nitrogens with zero attached hydrogens (tertiary/aromatic N) is 6. The number of hydrogen-bond acceptors (Lipinski definition) is 18. The van der Waals surface area contributed by atoms with Crippen molar-refractivity contribution >= 4 is 53.5 Å². The lowest BCUT2D eigenvalue weighted by molar-refractivity contribution is -0.153. The van der Waals surface area contributed by atoms with Gasteiger partial charge in [-0.2, -0.15) is 9.97 Å². The van der Waals surface area contributed by atoms with Gasteiger partial charge in [-0.25, -0.2) is 19.3 Å². The molecule has 26 heteroatoms. The number of esters is 1. The van der Waals surface area contributed by atoms with Gasteiger partial charge in [-0.05, 0) is 5.92 Å². The van der Waals surface area contributed by atoms with Crippen LogP contribution >= 0.6 is 7.60 Å². The van der Waals surface area contributed by atoms with Gasteiger partial charge in [0.2, 0.25) is 11.9 Å². The summed E-state index contributed by atoms with van der Waals surface area (Å²) >= 11 is 0. The summed E-state index contributed by atoms with van der Waals surface area (Å²) in [6, 6.07) is -0.738. The number of carboxylic acid groups (broad SMARTS) is 1. The Hall–Kier alpha value is -4.85. The van der Waals surface area contributed by atoms with Gasteiger partial charge < -0.3 is 66.6 Å². The topological polar surface area (TPSA) is 405 Å². The van der Waals surface area contributed by atoms with Gasteiger partial charge in [0.25, 0.3) is 5.56 Å². The highest BCUT2D eigenvalue weighted by Crippen LogP contribution is 2.34. The number of anilines is 2. The summed E-state index contributed by atoms with van der Waals surface area (Å²) < 4.78 is 28.1. The SMILES string of the molecule is CC(C)[C@H](N)C(=O)OCC(CO)OCn1cnc2c(=O)nc(N)[nH]c21.Nc1nc2c(ncn2COC(CO)CO)c(=O)[nH]1.O=C(O)P(=O)(O)O. The molecule has 0 aliphatic rings. The molecule has 1 unspecified atom stereocenters. The van der Waals surface area contributed by atoms with Crippen LogP contribution in [0.4, 0.5) is 16.7 Å². The Morgan fingerprint density at radius 2 is 1.42 bits per heavy atom. The van der Waals surface area contributed by atoms with Crippen molar-refractivity contribution in [2.75, 3.05) is 37.9 Å². The van der Waals surface area contributed by atoms with Crippen LogP contribution in [0.15, 0.2) is 22.2 Å². The van der Waals surface area contributed by atoms with Crippen molar-refractivity contribution in [3.8, 4) is 0 Å². The Morgan fingerprint density at radius 3 is 1.98 bits per heavy atom. The highest BCUT2D eigenvalue weighted by Gasteiger charge is 2.24. The zero-order valence-electron chi connectivity index (χ0n) is 26.5. The number of nitrogens with two attached hydrogens (primary N) is 3. The summed E-state index contributed by atoms with van der Waals surface area (Å²) in [6.45, 7) is 2.43. The first-order valence-electron chi connectivity index (χ1n) is 14.1. The lowest BCUT2D eigenvalue weighted by atomic mass is 10.1. The molecule has 0 fully saturated rings. The fourth-order valence-corrected chi connectivity index (χ4v) is 3.38. The van der Waals surface area contributed by atoms with E-state index in [0.29, 0.717) is 5.65 Å². The number of carbonyl (C=O) groups is 2. The van der Waals surface area contributed by atoms with Crippen molar-refractivity contribution in [3.63, 3.8) is 0 Å². The smallest absolute Gasteiger partial charge is 0.433 e. The number of aliphatic hydroxyl groups excluding tert-OH is 3. The molecule has 278 valence electrons. The molecule has 4 rings (SSSR count). The maximum absolute atomic E-state index is 11.7. The number of aromatic nitrogens is 8. The van der Waals surface area contributed by atoms with Crippen LogP contribution in [0.25, 0.3) is 22.3 Å². The number of fused-ring (bicyclic) bond motifs is 2. The molecule has 4 aromatic heterocycles. The third-order valence-corrected chi connectivity index (χ3v) is 6.66. The predicted octanol–water partition coefficient (Wildman–Crippen LogP) is -3.57. The minimum atomic E-state index is -4.82. The molecule has 0 saturated heterocycles. The molecule has 4 heterocycles. The maximum Gasteiger partial charge on any atom is 0.433 e. The number of hydrogen-bond donors (Lipinski definition) is 11. The molecule has 2 atom stereocenters. The minimum absolute atomic E-state index is 0.00181. The van der Waals surface area contributed by atoms with Crippen molar-refractivity contribution < 1.29 is 58.6 Å². The Balaban J connectivity index is 0.000000301. The number of aliphatic hydroxyl groups is 3. The summed E-state index contributed by atoms with van der Waals surface area (Å²) in [7, 11) is -4.82. The number of imidazole rings is 2. The molecule has 0 saturated carbocycles. The Morgan fingerprint density at radius 1 is 0.900 bits per heavy atom. The molecular formula is C24H38N11O14P. The molecular weight excluding hydrogens is 697 g/mol. The maximum atomic E-state index is 11.7. The zero-order chi connectivity index (χ0) is 37.8. The third kappa shape index (κ3) is 11.9. The summed E-state index contributed by atoms with van der Waals surface area (Å²) in [5.74, 6) is -0.688. The highest BCUT2D eigenvalue weighted by atomic mass is 31.2. The van der Waals surface area contributed by atoms with E-state index in [4.69, 9.17) is 56.5 Å².